The number of urea groups is 1. The van der Waals surface area contributed by atoms with Gasteiger partial charge in [-0.2, -0.15) is 0 Å². The number of amides is 2. The Balaban J connectivity index is 1.35. The lowest BCUT2D eigenvalue weighted by molar-refractivity contribution is 0.228. The summed E-state index contributed by atoms with van der Waals surface area (Å²) < 4.78 is 10.7. The van der Waals surface area contributed by atoms with E-state index in [1.165, 1.54) is 19.3 Å². The van der Waals surface area contributed by atoms with Crippen LogP contribution in [0.5, 0.6) is 5.88 Å². The molecule has 2 aromatic heterocycles. The lowest BCUT2D eigenvalue weighted by Crippen LogP contribution is -2.44. The molecular weight excluding hydrogens is 308 g/mol. The van der Waals surface area contributed by atoms with Crippen LogP contribution in [-0.2, 0) is 0 Å². The van der Waals surface area contributed by atoms with Gasteiger partial charge in [-0.05, 0) is 31.0 Å². The molecule has 0 aromatic carbocycles. The molecule has 7 nitrogen and oxygen atoms in total. The lowest BCUT2D eigenvalue weighted by Gasteiger charge is -2.22. The van der Waals surface area contributed by atoms with Crippen LogP contribution in [0.1, 0.15) is 32.1 Å². The van der Waals surface area contributed by atoms with Crippen LogP contribution in [0.25, 0.3) is 11.5 Å². The van der Waals surface area contributed by atoms with E-state index in [0.29, 0.717) is 36.5 Å². The Kier molecular flexibility index (Phi) is 5.65. The third-order valence-corrected chi connectivity index (χ3v) is 3.99. The molecular formula is C17H22N4O3. The molecule has 128 valence electrons. The molecule has 0 bridgehead atoms. The molecule has 0 aliphatic heterocycles. The fourth-order valence-electron chi connectivity index (χ4n) is 2.76. The van der Waals surface area contributed by atoms with Crippen LogP contribution >= 0.6 is 0 Å². The summed E-state index contributed by atoms with van der Waals surface area (Å²) in [5.74, 6) is 1.08. The number of hydrogen-bond acceptors (Lipinski definition) is 5. The fraction of sp³-hybridized carbons (Fsp3) is 0.471. The summed E-state index contributed by atoms with van der Waals surface area (Å²) in [7, 11) is 0. The van der Waals surface area contributed by atoms with E-state index in [9.17, 15) is 4.79 Å². The highest BCUT2D eigenvalue weighted by Gasteiger charge is 2.15. The third-order valence-electron chi connectivity index (χ3n) is 3.99. The Morgan fingerprint density at radius 2 is 2.08 bits per heavy atom. The summed E-state index contributed by atoms with van der Waals surface area (Å²) in [6, 6.07) is 7.30. The largest absolute Gasteiger partial charge is 0.475 e. The minimum Gasteiger partial charge on any atom is -0.475 e. The number of rotatable bonds is 6. The molecule has 1 fully saturated rings. The molecule has 0 unspecified atom stereocenters. The van der Waals surface area contributed by atoms with Gasteiger partial charge >= 0.3 is 6.03 Å². The summed E-state index contributed by atoms with van der Waals surface area (Å²) in [6.45, 7) is 0.757. The highest BCUT2D eigenvalue weighted by Crippen LogP contribution is 2.18. The van der Waals surface area contributed by atoms with Crippen LogP contribution in [-0.4, -0.2) is 35.4 Å². The monoisotopic (exact) mass is 330 g/mol. The molecule has 24 heavy (non-hydrogen) atoms. The number of aromatic nitrogens is 2. The van der Waals surface area contributed by atoms with Crippen LogP contribution < -0.4 is 15.4 Å². The van der Waals surface area contributed by atoms with Gasteiger partial charge in [-0.3, -0.25) is 0 Å². The van der Waals surface area contributed by atoms with E-state index in [1.807, 2.05) is 6.07 Å². The van der Waals surface area contributed by atoms with Crippen molar-refractivity contribution in [2.45, 2.75) is 38.1 Å². The van der Waals surface area contributed by atoms with Crippen LogP contribution in [0.4, 0.5) is 4.79 Å². The smallest absolute Gasteiger partial charge is 0.315 e. The average molecular weight is 330 g/mol. The van der Waals surface area contributed by atoms with Crippen molar-refractivity contribution in [3.8, 4) is 17.3 Å². The summed E-state index contributed by atoms with van der Waals surface area (Å²) in [6.07, 6.45) is 7.39. The number of carbonyl (C=O) groups is 1. The average Bonchev–Trinajstić information content (AvgIpc) is 3.15. The van der Waals surface area contributed by atoms with Crippen LogP contribution in [0.2, 0.25) is 0 Å². The second-order valence-corrected chi connectivity index (χ2v) is 5.82. The van der Waals surface area contributed by atoms with Gasteiger partial charge in [-0.1, -0.05) is 19.3 Å². The van der Waals surface area contributed by atoms with Crippen LogP contribution in [0, 0.1) is 0 Å². The zero-order valence-corrected chi connectivity index (χ0v) is 13.5. The van der Waals surface area contributed by atoms with Crippen LogP contribution in [0.3, 0.4) is 0 Å². The maximum Gasteiger partial charge on any atom is 0.315 e. The quantitative estimate of drug-likeness (QED) is 0.795. The zero-order chi connectivity index (χ0) is 16.6. The van der Waals surface area contributed by atoms with Gasteiger partial charge < -0.3 is 19.8 Å². The highest BCUT2D eigenvalue weighted by molar-refractivity contribution is 5.74. The van der Waals surface area contributed by atoms with Crippen molar-refractivity contribution in [1.82, 2.24) is 20.8 Å². The molecule has 0 spiro atoms. The first-order valence-electron chi connectivity index (χ1n) is 8.36. The number of carbonyl (C=O) groups excluding carboxylic acids is 1. The van der Waals surface area contributed by atoms with Crippen molar-refractivity contribution < 1.29 is 13.9 Å². The van der Waals surface area contributed by atoms with Crippen molar-refractivity contribution in [3.63, 3.8) is 0 Å². The number of hydrogen-bond donors (Lipinski definition) is 2. The predicted molar refractivity (Wildman–Crippen MR) is 88.6 cm³/mol. The van der Waals surface area contributed by atoms with Gasteiger partial charge in [-0.25, -0.2) is 4.79 Å². The molecule has 1 saturated carbocycles. The molecule has 2 heterocycles. The van der Waals surface area contributed by atoms with E-state index in [4.69, 9.17) is 9.15 Å². The zero-order valence-electron chi connectivity index (χ0n) is 13.5. The third kappa shape index (κ3) is 4.71. The minimum atomic E-state index is -0.134. The SMILES string of the molecule is O=C(NCCOc1ccc(-c2ccco2)nn1)NC1CCCCC1. The molecule has 0 saturated heterocycles. The summed E-state index contributed by atoms with van der Waals surface area (Å²) >= 11 is 0. The number of nitrogens with zero attached hydrogens (tertiary/aromatic N) is 2. The Labute approximate surface area is 140 Å². The fourth-order valence-corrected chi connectivity index (χ4v) is 2.76. The van der Waals surface area contributed by atoms with Gasteiger partial charge in [0.25, 0.3) is 0 Å². The molecule has 2 N–H and O–H groups in total. The second-order valence-electron chi connectivity index (χ2n) is 5.82. The van der Waals surface area contributed by atoms with Crippen molar-refractivity contribution in [3.05, 3.63) is 30.5 Å². The second kappa shape index (κ2) is 8.33. The van der Waals surface area contributed by atoms with E-state index in [1.54, 1.807) is 24.5 Å². The number of furan rings is 1. The molecule has 7 heteroatoms. The maximum absolute atomic E-state index is 11.8. The van der Waals surface area contributed by atoms with Gasteiger partial charge in [0.05, 0.1) is 12.8 Å². The number of nitrogens with one attached hydrogen (secondary N) is 2. The molecule has 3 rings (SSSR count). The molecule has 1 aliphatic rings. The summed E-state index contributed by atoms with van der Waals surface area (Å²) in [5, 5.41) is 13.8. The molecule has 2 aromatic rings. The predicted octanol–water partition coefficient (Wildman–Crippen LogP) is 2.75. The Bertz CT molecular complexity index is 622. The van der Waals surface area contributed by atoms with Gasteiger partial charge in [0, 0.05) is 12.1 Å². The molecule has 0 radical (unpaired) electrons. The summed E-state index contributed by atoms with van der Waals surface area (Å²) in [5.41, 5.74) is 0.650. The van der Waals surface area contributed by atoms with E-state index in [0.717, 1.165) is 12.8 Å². The maximum atomic E-state index is 11.8. The Hall–Kier alpha value is -2.57. The normalized spacial score (nSPS) is 15.0. The topological polar surface area (TPSA) is 89.3 Å². The minimum absolute atomic E-state index is 0.134. The first kappa shape index (κ1) is 16.3. The van der Waals surface area contributed by atoms with Crippen molar-refractivity contribution in [2.75, 3.05) is 13.2 Å². The van der Waals surface area contributed by atoms with Gasteiger partial charge in [0.15, 0.2) is 5.76 Å². The first-order valence-corrected chi connectivity index (χ1v) is 8.36. The van der Waals surface area contributed by atoms with Crippen molar-refractivity contribution >= 4 is 6.03 Å². The lowest BCUT2D eigenvalue weighted by atomic mass is 9.96. The van der Waals surface area contributed by atoms with Crippen molar-refractivity contribution in [1.29, 1.82) is 0 Å². The van der Waals surface area contributed by atoms with Crippen molar-refractivity contribution in [2.24, 2.45) is 0 Å². The Morgan fingerprint density at radius 3 is 2.79 bits per heavy atom. The van der Waals surface area contributed by atoms with E-state index in [2.05, 4.69) is 20.8 Å². The molecule has 0 atom stereocenters. The highest BCUT2D eigenvalue weighted by atomic mass is 16.5. The van der Waals surface area contributed by atoms with E-state index < -0.39 is 0 Å². The summed E-state index contributed by atoms with van der Waals surface area (Å²) in [4.78, 5) is 11.8. The van der Waals surface area contributed by atoms with Crippen LogP contribution in [0.15, 0.2) is 34.9 Å². The van der Waals surface area contributed by atoms with E-state index >= 15 is 0 Å². The van der Waals surface area contributed by atoms with Gasteiger partial charge in [-0.15, -0.1) is 10.2 Å². The first-order chi connectivity index (χ1) is 11.8. The Morgan fingerprint density at radius 1 is 1.21 bits per heavy atom. The van der Waals surface area contributed by atoms with E-state index in [-0.39, 0.29) is 6.03 Å². The number of ether oxygens (including phenoxy) is 1. The van der Waals surface area contributed by atoms with Gasteiger partial charge in [0.1, 0.15) is 12.3 Å². The standard InChI is InChI=1S/C17H22N4O3/c22-17(19-13-5-2-1-3-6-13)18-10-12-24-16-9-8-14(20-21-16)15-7-4-11-23-15/h4,7-9,11,13H,1-3,5-6,10,12H2,(H2,18,19,22). The molecule has 2 amide bonds. The van der Waals surface area contributed by atoms with Gasteiger partial charge in [0.2, 0.25) is 5.88 Å². The molecule has 1 aliphatic carbocycles.